The third-order valence-electron chi connectivity index (χ3n) is 3.38. The van der Waals surface area contributed by atoms with Gasteiger partial charge in [-0.3, -0.25) is 0 Å². The van der Waals surface area contributed by atoms with E-state index in [1.165, 1.54) is 0 Å². The summed E-state index contributed by atoms with van der Waals surface area (Å²) in [4.78, 5) is 8.77. The van der Waals surface area contributed by atoms with Crippen molar-refractivity contribution < 1.29 is 5.11 Å². The summed E-state index contributed by atoms with van der Waals surface area (Å²) in [6, 6.07) is 9.60. The highest BCUT2D eigenvalue weighted by Crippen LogP contribution is 2.20. The lowest BCUT2D eigenvalue weighted by atomic mass is 10.1. The number of hydrogen-bond donors (Lipinski definition) is 1. The Morgan fingerprint density at radius 1 is 1.29 bits per heavy atom. The molecule has 0 aliphatic heterocycles. The van der Waals surface area contributed by atoms with Crippen LogP contribution in [0.15, 0.2) is 48.1 Å². The van der Waals surface area contributed by atoms with Crippen molar-refractivity contribution in [3.05, 3.63) is 70.2 Å². The molecule has 0 bridgehead atoms. The van der Waals surface area contributed by atoms with Gasteiger partial charge < -0.3 is 9.67 Å². The maximum atomic E-state index is 10.5. The van der Waals surface area contributed by atoms with Gasteiger partial charge in [-0.25, -0.2) is 9.97 Å². The molecule has 0 radical (unpaired) electrons. The molecule has 2 heterocycles. The molecule has 1 atom stereocenters. The van der Waals surface area contributed by atoms with Gasteiger partial charge in [0.05, 0.1) is 10.7 Å². The molecule has 0 saturated carbocycles. The van der Waals surface area contributed by atoms with Crippen LogP contribution in [0.4, 0.5) is 0 Å². The molecule has 1 aromatic carbocycles. The average Bonchev–Trinajstić information content (AvgIpc) is 3.14. The molecule has 5 heteroatoms. The normalized spacial score (nSPS) is 12.5. The molecule has 1 N–H and O–H groups in total. The second-order valence-electron chi connectivity index (χ2n) is 4.90. The third-order valence-corrected chi connectivity index (χ3v) is 4.21. The van der Waals surface area contributed by atoms with E-state index in [1.807, 2.05) is 48.0 Å². The van der Waals surface area contributed by atoms with Gasteiger partial charge >= 0.3 is 0 Å². The summed E-state index contributed by atoms with van der Waals surface area (Å²) in [5.41, 5.74) is 1.95. The van der Waals surface area contributed by atoms with Crippen molar-refractivity contribution in [1.29, 1.82) is 0 Å². The molecular formula is C16H17N3OS. The van der Waals surface area contributed by atoms with Crippen molar-refractivity contribution >= 4 is 11.3 Å². The number of aliphatic hydroxyl groups is 1. The molecule has 3 rings (SSSR count). The molecular weight excluding hydrogens is 282 g/mol. The van der Waals surface area contributed by atoms with Crippen molar-refractivity contribution in [2.75, 3.05) is 0 Å². The summed E-state index contributed by atoms with van der Waals surface area (Å²) in [6.07, 6.45) is 3.78. The molecule has 0 aliphatic rings. The number of rotatable bonds is 5. The predicted molar refractivity (Wildman–Crippen MR) is 83.3 cm³/mol. The monoisotopic (exact) mass is 299 g/mol. The van der Waals surface area contributed by atoms with Crippen LogP contribution in [0.3, 0.4) is 0 Å². The van der Waals surface area contributed by atoms with Gasteiger partial charge in [0.25, 0.3) is 0 Å². The molecule has 0 aliphatic carbocycles. The Hall–Kier alpha value is -1.98. The fourth-order valence-electron chi connectivity index (χ4n) is 2.30. The molecule has 0 unspecified atom stereocenters. The van der Waals surface area contributed by atoms with Crippen LogP contribution in [0.25, 0.3) is 0 Å². The van der Waals surface area contributed by atoms with E-state index in [1.54, 1.807) is 17.5 Å². The summed E-state index contributed by atoms with van der Waals surface area (Å²) < 4.78 is 1.99. The standard InChI is InChI=1S/C16H17N3OS/c1-12-18-14(11-21-12)7-9-19-10-8-17-16(19)15(20)13-5-3-2-4-6-13/h2-6,8,10-11,15,20H,7,9H2,1H3/t15-/m1/s1. The van der Waals surface area contributed by atoms with Crippen LogP contribution in [0.5, 0.6) is 0 Å². The largest absolute Gasteiger partial charge is 0.380 e. The van der Waals surface area contributed by atoms with E-state index in [-0.39, 0.29) is 0 Å². The summed E-state index contributed by atoms with van der Waals surface area (Å²) in [5.74, 6) is 0.674. The number of thiazole rings is 1. The minimum absolute atomic E-state index is 0.674. The van der Waals surface area contributed by atoms with Crippen LogP contribution >= 0.6 is 11.3 Å². The average molecular weight is 299 g/mol. The fourth-order valence-corrected chi connectivity index (χ4v) is 2.95. The van der Waals surface area contributed by atoms with E-state index in [4.69, 9.17) is 0 Å². The third kappa shape index (κ3) is 3.20. The van der Waals surface area contributed by atoms with Gasteiger partial charge in [-0.2, -0.15) is 0 Å². The van der Waals surface area contributed by atoms with Crippen molar-refractivity contribution in [2.24, 2.45) is 0 Å². The van der Waals surface area contributed by atoms with Crippen molar-refractivity contribution in [3.8, 4) is 0 Å². The molecule has 0 saturated heterocycles. The second kappa shape index (κ2) is 6.20. The Bertz CT molecular complexity index is 705. The molecule has 2 aromatic heterocycles. The lowest BCUT2D eigenvalue weighted by Crippen LogP contribution is -2.11. The molecule has 108 valence electrons. The predicted octanol–water partition coefficient (Wildman–Crippen LogP) is 2.97. The maximum Gasteiger partial charge on any atom is 0.142 e. The van der Waals surface area contributed by atoms with Gasteiger partial charge in [0.1, 0.15) is 11.9 Å². The highest BCUT2D eigenvalue weighted by Gasteiger charge is 2.15. The van der Waals surface area contributed by atoms with Crippen LogP contribution in [-0.4, -0.2) is 19.6 Å². The topological polar surface area (TPSA) is 50.9 Å². The van der Waals surface area contributed by atoms with Crippen LogP contribution in [-0.2, 0) is 13.0 Å². The molecule has 4 nitrogen and oxygen atoms in total. The van der Waals surface area contributed by atoms with Crippen LogP contribution < -0.4 is 0 Å². The van der Waals surface area contributed by atoms with E-state index >= 15 is 0 Å². The first kappa shape index (κ1) is 14.0. The van der Waals surface area contributed by atoms with E-state index in [0.29, 0.717) is 5.82 Å². The summed E-state index contributed by atoms with van der Waals surface area (Å²) in [6.45, 7) is 2.78. The highest BCUT2D eigenvalue weighted by molar-refractivity contribution is 7.09. The Morgan fingerprint density at radius 2 is 2.10 bits per heavy atom. The van der Waals surface area contributed by atoms with Gasteiger partial charge in [-0.05, 0) is 12.5 Å². The van der Waals surface area contributed by atoms with Crippen molar-refractivity contribution in [2.45, 2.75) is 26.0 Å². The minimum atomic E-state index is -0.696. The summed E-state index contributed by atoms with van der Waals surface area (Å²) in [5, 5.41) is 13.6. The van der Waals surface area contributed by atoms with Gasteiger partial charge in [0.15, 0.2) is 0 Å². The lowest BCUT2D eigenvalue weighted by molar-refractivity contribution is 0.204. The Kier molecular flexibility index (Phi) is 4.13. The van der Waals surface area contributed by atoms with Crippen LogP contribution in [0.2, 0.25) is 0 Å². The number of benzene rings is 1. The Morgan fingerprint density at radius 3 is 2.81 bits per heavy atom. The highest BCUT2D eigenvalue weighted by atomic mass is 32.1. The molecule has 21 heavy (non-hydrogen) atoms. The SMILES string of the molecule is Cc1nc(CCn2ccnc2[C@H](O)c2ccccc2)cs1. The first-order chi connectivity index (χ1) is 10.2. The van der Waals surface area contributed by atoms with Crippen molar-refractivity contribution in [1.82, 2.24) is 14.5 Å². The lowest BCUT2D eigenvalue weighted by Gasteiger charge is -2.13. The van der Waals surface area contributed by atoms with Gasteiger partial charge in [0, 0.05) is 30.7 Å². The first-order valence-electron chi connectivity index (χ1n) is 6.89. The smallest absolute Gasteiger partial charge is 0.142 e. The van der Waals surface area contributed by atoms with Gasteiger partial charge in [-0.15, -0.1) is 11.3 Å². The number of hydrogen-bond acceptors (Lipinski definition) is 4. The number of nitrogens with zero attached hydrogens (tertiary/aromatic N) is 3. The zero-order chi connectivity index (χ0) is 14.7. The Balaban J connectivity index is 1.74. The zero-order valence-corrected chi connectivity index (χ0v) is 12.6. The Labute approximate surface area is 127 Å². The quantitative estimate of drug-likeness (QED) is 0.788. The maximum absolute atomic E-state index is 10.5. The molecule has 3 aromatic rings. The van der Waals surface area contributed by atoms with E-state index in [2.05, 4.69) is 15.3 Å². The minimum Gasteiger partial charge on any atom is -0.380 e. The number of aryl methyl sites for hydroxylation is 3. The molecule has 0 fully saturated rings. The van der Waals surface area contributed by atoms with Gasteiger partial charge in [-0.1, -0.05) is 30.3 Å². The number of aromatic nitrogens is 3. The molecule has 0 spiro atoms. The fraction of sp³-hybridized carbons (Fsp3) is 0.250. The van der Waals surface area contributed by atoms with Crippen LogP contribution in [0, 0.1) is 6.92 Å². The van der Waals surface area contributed by atoms with Gasteiger partial charge in [0.2, 0.25) is 0 Å². The summed E-state index contributed by atoms with van der Waals surface area (Å²) in [7, 11) is 0. The second-order valence-corrected chi connectivity index (χ2v) is 5.96. The molecule has 0 amide bonds. The first-order valence-corrected chi connectivity index (χ1v) is 7.77. The van der Waals surface area contributed by atoms with E-state index < -0.39 is 6.10 Å². The van der Waals surface area contributed by atoms with Crippen molar-refractivity contribution in [3.63, 3.8) is 0 Å². The number of imidazole rings is 1. The summed E-state index contributed by atoms with van der Waals surface area (Å²) >= 11 is 1.66. The van der Waals surface area contributed by atoms with E-state index in [0.717, 1.165) is 29.2 Å². The number of aliphatic hydroxyl groups excluding tert-OH is 1. The zero-order valence-electron chi connectivity index (χ0n) is 11.8. The van der Waals surface area contributed by atoms with E-state index in [9.17, 15) is 5.11 Å². The van der Waals surface area contributed by atoms with Crippen LogP contribution in [0.1, 0.15) is 28.2 Å².